The number of amides is 2. The molecule has 0 spiro atoms. The number of carbonyl (C=O) groups is 1. The van der Waals surface area contributed by atoms with Crippen LogP contribution in [0.15, 0.2) is 10.2 Å². The molecule has 2 aliphatic heterocycles. The predicted molar refractivity (Wildman–Crippen MR) is 34.6 cm³/mol. The largest absolute Gasteiger partial charge is 0.363 e. The Labute approximate surface area is 58.9 Å². The normalized spacial score (nSPS) is 31.0. The van der Waals surface area contributed by atoms with Gasteiger partial charge in [-0.05, 0) is 19.3 Å². The van der Waals surface area contributed by atoms with Crippen LogP contribution in [0.5, 0.6) is 0 Å². The molecule has 0 aliphatic carbocycles. The van der Waals surface area contributed by atoms with Crippen LogP contribution in [0.3, 0.4) is 0 Å². The molecule has 54 valence electrons. The average Bonchev–Trinajstić information content (AvgIpc) is 2.34. The van der Waals surface area contributed by atoms with Gasteiger partial charge >= 0.3 is 6.03 Å². The zero-order valence-corrected chi connectivity index (χ0v) is 5.66. The van der Waals surface area contributed by atoms with Crippen LogP contribution in [-0.2, 0) is 0 Å². The second kappa shape index (κ2) is 2.04. The molecular formula is C6H9N3O. The molecule has 0 radical (unpaired) electrons. The highest BCUT2D eigenvalue weighted by atomic mass is 16.2. The van der Waals surface area contributed by atoms with Crippen LogP contribution in [0.25, 0.3) is 0 Å². The lowest BCUT2D eigenvalue weighted by Crippen LogP contribution is -2.36. The molecule has 4 nitrogen and oxygen atoms in total. The first kappa shape index (κ1) is 5.82. The summed E-state index contributed by atoms with van der Waals surface area (Å²) in [6.45, 7) is 0.844. The molecule has 0 aromatic rings. The molecule has 1 fully saturated rings. The first-order chi connectivity index (χ1) is 4.88. The molecule has 0 saturated carbocycles. The van der Waals surface area contributed by atoms with Gasteiger partial charge in [0, 0.05) is 6.54 Å². The van der Waals surface area contributed by atoms with Gasteiger partial charge in [-0.2, -0.15) is 5.11 Å². The minimum atomic E-state index is -0.148. The Morgan fingerprint density at radius 3 is 3.20 bits per heavy atom. The third-order valence-corrected chi connectivity index (χ3v) is 1.99. The summed E-state index contributed by atoms with van der Waals surface area (Å²) in [7, 11) is 0. The molecule has 1 unspecified atom stereocenters. The van der Waals surface area contributed by atoms with E-state index in [4.69, 9.17) is 0 Å². The third kappa shape index (κ3) is 0.716. The average molecular weight is 139 g/mol. The van der Waals surface area contributed by atoms with E-state index in [1.165, 1.54) is 6.42 Å². The molecule has 0 N–H and O–H groups in total. The topological polar surface area (TPSA) is 45.0 Å². The maximum Gasteiger partial charge on any atom is 0.363 e. The Morgan fingerprint density at radius 2 is 2.40 bits per heavy atom. The second-order valence-corrected chi connectivity index (χ2v) is 2.67. The lowest BCUT2D eigenvalue weighted by molar-refractivity contribution is 0.180. The molecule has 2 rings (SSSR count). The van der Waals surface area contributed by atoms with Crippen LogP contribution >= 0.6 is 0 Å². The lowest BCUT2D eigenvalue weighted by Gasteiger charge is -2.25. The molecule has 4 heteroatoms. The van der Waals surface area contributed by atoms with Crippen LogP contribution in [-0.4, -0.2) is 23.6 Å². The van der Waals surface area contributed by atoms with Crippen LogP contribution in [0.4, 0.5) is 4.79 Å². The Hall–Kier alpha value is -0.930. The molecule has 0 aromatic carbocycles. The molecule has 10 heavy (non-hydrogen) atoms. The van der Waals surface area contributed by atoms with E-state index in [2.05, 4.69) is 10.2 Å². The number of hydrogen-bond donors (Lipinski definition) is 0. The smallest absolute Gasteiger partial charge is 0.298 e. The van der Waals surface area contributed by atoms with Crippen molar-refractivity contribution >= 4 is 6.03 Å². The number of hydrogen-bond acceptors (Lipinski definition) is 2. The highest BCUT2D eigenvalue weighted by Crippen LogP contribution is 2.23. The van der Waals surface area contributed by atoms with E-state index in [-0.39, 0.29) is 12.2 Å². The van der Waals surface area contributed by atoms with Crippen molar-refractivity contribution < 1.29 is 4.79 Å². The Balaban J connectivity index is 2.14. The fourth-order valence-electron chi connectivity index (χ4n) is 1.43. The second-order valence-electron chi connectivity index (χ2n) is 2.67. The van der Waals surface area contributed by atoms with Gasteiger partial charge < -0.3 is 0 Å². The molecular weight excluding hydrogens is 130 g/mol. The SMILES string of the molecule is O=C1N=NC2CCCCN12. The summed E-state index contributed by atoms with van der Waals surface area (Å²) in [6, 6.07) is -0.148. The van der Waals surface area contributed by atoms with E-state index in [0.717, 1.165) is 19.4 Å². The molecule has 2 aliphatic rings. The molecule has 0 bridgehead atoms. The summed E-state index contributed by atoms with van der Waals surface area (Å²) in [4.78, 5) is 12.6. The Kier molecular flexibility index (Phi) is 1.19. The summed E-state index contributed by atoms with van der Waals surface area (Å²) in [5.41, 5.74) is 0. The van der Waals surface area contributed by atoms with Crippen LogP contribution in [0.1, 0.15) is 19.3 Å². The third-order valence-electron chi connectivity index (χ3n) is 1.99. The molecule has 0 aromatic heterocycles. The number of urea groups is 1. The zero-order valence-electron chi connectivity index (χ0n) is 5.66. The number of piperidine rings is 1. The minimum Gasteiger partial charge on any atom is -0.298 e. The number of rotatable bonds is 0. The summed E-state index contributed by atoms with van der Waals surface area (Å²) in [6.07, 6.45) is 3.36. The van der Waals surface area contributed by atoms with Crippen molar-refractivity contribution in [2.24, 2.45) is 10.2 Å². The summed E-state index contributed by atoms with van der Waals surface area (Å²) in [5.74, 6) is 0. The zero-order chi connectivity index (χ0) is 6.97. The van der Waals surface area contributed by atoms with Crippen molar-refractivity contribution in [1.82, 2.24) is 4.90 Å². The first-order valence-electron chi connectivity index (χ1n) is 3.59. The van der Waals surface area contributed by atoms with Crippen molar-refractivity contribution in [3.8, 4) is 0 Å². The van der Waals surface area contributed by atoms with E-state index < -0.39 is 0 Å². The van der Waals surface area contributed by atoms with Gasteiger partial charge in [-0.3, -0.25) is 4.90 Å². The van der Waals surface area contributed by atoms with Crippen molar-refractivity contribution in [3.63, 3.8) is 0 Å². The fourth-order valence-corrected chi connectivity index (χ4v) is 1.43. The fraction of sp³-hybridized carbons (Fsp3) is 0.833. The van der Waals surface area contributed by atoms with E-state index in [0.29, 0.717) is 0 Å². The molecule has 1 saturated heterocycles. The van der Waals surface area contributed by atoms with E-state index in [1.807, 2.05) is 0 Å². The van der Waals surface area contributed by atoms with Gasteiger partial charge in [-0.25, -0.2) is 4.79 Å². The van der Waals surface area contributed by atoms with Gasteiger partial charge in [0.2, 0.25) is 0 Å². The van der Waals surface area contributed by atoms with Gasteiger partial charge in [0.1, 0.15) is 6.17 Å². The molecule has 2 heterocycles. The van der Waals surface area contributed by atoms with Gasteiger partial charge in [0.25, 0.3) is 0 Å². The lowest BCUT2D eigenvalue weighted by atomic mass is 10.1. The Morgan fingerprint density at radius 1 is 1.50 bits per heavy atom. The molecule has 2 amide bonds. The monoisotopic (exact) mass is 139 g/mol. The maximum atomic E-state index is 10.9. The van der Waals surface area contributed by atoms with Crippen molar-refractivity contribution in [2.75, 3.05) is 6.54 Å². The van der Waals surface area contributed by atoms with E-state index >= 15 is 0 Å². The quantitative estimate of drug-likeness (QED) is 0.500. The predicted octanol–water partition coefficient (Wildman–Crippen LogP) is 1.38. The van der Waals surface area contributed by atoms with Gasteiger partial charge in [-0.15, -0.1) is 0 Å². The maximum absolute atomic E-state index is 10.9. The van der Waals surface area contributed by atoms with Crippen LogP contribution < -0.4 is 0 Å². The Bertz CT molecular complexity index is 189. The van der Waals surface area contributed by atoms with Crippen molar-refractivity contribution in [2.45, 2.75) is 25.4 Å². The number of azo groups is 1. The summed E-state index contributed by atoms with van der Waals surface area (Å²) in [5, 5.41) is 7.33. The summed E-state index contributed by atoms with van der Waals surface area (Å²) >= 11 is 0. The van der Waals surface area contributed by atoms with Gasteiger partial charge in [0.05, 0.1) is 0 Å². The van der Waals surface area contributed by atoms with Gasteiger partial charge in [-0.1, -0.05) is 5.11 Å². The van der Waals surface area contributed by atoms with Gasteiger partial charge in [0.15, 0.2) is 0 Å². The first-order valence-corrected chi connectivity index (χ1v) is 3.59. The number of fused-ring (bicyclic) bond motifs is 1. The highest BCUT2D eigenvalue weighted by Gasteiger charge is 2.30. The van der Waals surface area contributed by atoms with Crippen molar-refractivity contribution in [3.05, 3.63) is 0 Å². The minimum absolute atomic E-state index is 0.0845. The van der Waals surface area contributed by atoms with Crippen molar-refractivity contribution in [1.29, 1.82) is 0 Å². The summed E-state index contributed by atoms with van der Waals surface area (Å²) < 4.78 is 0. The van der Waals surface area contributed by atoms with E-state index in [9.17, 15) is 4.79 Å². The van der Waals surface area contributed by atoms with Crippen LogP contribution in [0.2, 0.25) is 0 Å². The number of nitrogens with zero attached hydrogens (tertiary/aromatic N) is 3. The number of carbonyl (C=O) groups excluding carboxylic acids is 1. The molecule has 1 atom stereocenters. The van der Waals surface area contributed by atoms with E-state index in [1.54, 1.807) is 4.90 Å². The standard InChI is InChI=1S/C6H9N3O/c10-6-8-7-5-3-1-2-4-9(5)6/h5H,1-4H2. The highest BCUT2D eigenvalue weighted by molar-refractivity contribution is 5.76. The van der Waals surface area contributed by atoms with Crippen LogP contribution in [0, 0.1) is 0 Å².